The van der Waals surface area contributed by atoms with Crippen molar-refractivity contribution in [2.24, 2.45) is 0 Å². The third-order valence-electron chi connectivity index (χ3n) is 4.10. The van der Waals surface area contributed by atoms with Gasteiger partial charge in [0.2, 0.25) is 0 Å². The number of ether oxygens (including phenoxy) is 1. The molecule has 1 heterocycles. The predicted molar refractivity (Wildman–Crippen MR) is 77.4 cm³/mol. The molecule has 3 nitrogen and oxygen atoms in total. The molecule has 2 aliphatic rings. The Kier molecular flexibility index (Phi) is 4.49. The molecule has 1 aliphatic carbocycles. The molecule has 1 atom stereocenters. The number of morpholine rings is 1. The fourth-order valence-corrected chi connectivity index (χ4v) is 2.68. The van der Waals surface area contributed by atoms with Crippen LogP contribution in [-0.4, -0.2) is 49.8 Å². The maximum atomic E-state index is 5.64. The molecule has 0 aromatic heterocycles. The summed E-state index contributed by atoms with van der Waals surface area (Å²) >= 11 is 0. The molecule has 1 aromatic rings. The SMILES string of the molecule is c1ccc(CCN2CCOCC2CNC2CC2)cc1. The third kappa shape index (κ3) is 4.03. The molecule has 2 fully saturated rings. The summed E-state index contributed by atoms with van der Waals surface area (Å²) in [6, 6.07) is 12.1. The number of hydrogen-bond donors (Lipinski definition) is 1. The van der Waals surface area contributed by atoms with Crippen LogP contribution >= 0.6 is 0 Å². The monoisotopic (exact) mass is 260 g/mol. The molecule has 19 heavy (non-hydrogen) atoms. The van der Waals surface area contributed by atoms with Crippen molar-refractivity contribution in [3.8, 4) is 0 Å². The van der Waals surface area contributed by atoms with E-state index in [1.165, 1.54) is 18.4 Å². The highest BCUT2D eigenvalue weighted by atomic mass is 16.5. The second-order valence-corrected chi connectivity index (χ2v) is 5.68. The van der Waals surface area contributed by atoms with Crippen LogP contribution in [0.1, 0.15) is 18.4 Å². The molecular formula is C16H24N2O. The first-order valence-electron chi connectivity index (χ1n) is 7.51. The molecule has 0 radical (unpaired) electrons. The van der Waals surface area contributed by atoms with Crippen molar-refractivity contribution in [3.63, 3.8) is 0 Å². The lowest BCUT2D eigenvalue weighted by Crippen LogP contribution is -2.51. The molecule has 0 bridgehead atoms. The van der Waals surface area contributed by atoms with Crippen LogP contribution in [0.3, 0.4) is 0 Å². The van der Waals surface area contributed by atoms with Crippen molar-refractivity contribution in [1.29, 1.82) is 0 Å². The van der Waals surface area contributed by atoms with Gasteiger partial charge < -0.3 is 10.1 Å². The van der Waals surface area contributed by atoms with E-state index in [4.69, 9.17) is 4.74 Å². The number of nitrogens with one attached hydrogen (secondary N) is 1. The van der Waals surface area contributed by atoms with Gasteiger partial charge in [-0.05, 0) is 24.8 Å². The summed E-state index contributed by atoms with van der Waals surface area (Å²) in [4.78, 5) is 2.59. The molecule has 104 valence electrons. The smallest absolute Gasteiger partial charge is 0.0634 e. The van der Waals surface area contributed by atoms with Gasteiger partial charge in [0.1, 0.15) is 0 Å². The summed E-state index contributed by atoms with van der Waals surface area (Å²) in [5, 5.41) is 3.63. The van der Waals surface area contributed by atoms with Crippen LogP contribution in [0.25, 0.3) is 0 Å². The first kappa shape index (κ1) is 13.1. The lowest BCUT2D eigenvalue weighted by Gasteiger charge is -2.35. The highest BCUT2D eigenvalue weighted by Crippen LogP contribution is 2.19. The van der Waals surface area contributed by atoms with Crippen LogP contribution in [0.4, 0.5) is 0 Å². The standard InChI is InChI=1S/C16H24N2O/c1-2-4-14(5-3-1)8-9-18-10-11-19-13-16(18)12-17-15-6-7-15/h1-5,15-17H,6-13H2. The zero-order valence-electron chi connectivity index (χ0n) is 11.6. The van der Waals surface area contributed by atoms with Gasteiger partial charge in [0.15, 0.2) is 0 Å². The van der Waals surface area contributed by atoms with Gasteiger partial charge in [0.05, 0.1) is 13.2 Å². The van der Waals surface area contributed by atoms with Crippen LogP contribution < -0.4 is 5.32 Å². The fourth-order valence-electron chi connectivity index (χ4n) is 2.68. The molecule has 1 unspecified atom stereocenters. The Bertz CT molecular complexity index is 378. The number of nitrogens with zero attached hydrogens (tertiary/aromatic N) is 1. The van der Waals surface area contributed by atoms with Crippen molar-refractivity contribution in [2.45, 2.75) is 31.3 Å². The maximum absolute atomic E-state index is 5.64. The largest absolute Gasteiger partial charge is 0.378 e. The van der Waals surface area contributed by atoms with Gasteiger partial charge in [-0.3, -0.25) is 4.90 Å². The van der Waals surface area contributed by atoms with Crippen LogP contribution in [0, 0.1) is 0 Å². The van der Waals surface area contributed by atoms with E-state index in [0.717, 1.165) is 45.3 Å². The van der Waals surface area contributed by atoms with E-state index in [0.29, 0.717) is 6.04 Å². The van der Waals surface area contributed by atoms with Crippen LogP contribution in [0.2, 0.25) is 0 Å². The Labute approximate surface area is 115 Å². The Morgan fingerprint density at radius 2 is 2.05 bits per heavy atom. The molecule has 1 saturated carbocycles. The molecule has 0 spiro atoms. The highest BCUT2D eigenvalue weighted by Gasteiger charge is 2.26. The van der Waals surface area contributed by atoms with Crippen LogP contribution in [0.15, 0.2) is 30.3 Å². The van der Waals surface area contributed by atoms with Gasteiger partial charge in [-0.1, -0.05) is 30.3 Å². The van der Waals surface area contributed by atoms with Crippen molar-refractivity contribution in [2.75, 3.05) is 32.8 Å². The van der Waals surface area contributed by atoms with Crippen molar-refractivity contribution < 1.29 is 4.74 Å². The van der Waals surface area contributed by atoms with Crippen LogP contribution in [-0.2, 0) is 11.2 Å². The average Bonchev–Trinajstić information content (AvgIpc) is 3.29. The van der Waals surface area contributed by atoms with E-state index < -0.39 is 0 Å². The van der Waals surface area contributed by atoms with E-state index in [1.54, 1.807) is 0 Å². The second-order valence-electron chi connectivity index (χ2n) is 5.68. The number of hydrogen-bond acceptors (Lipinski definition) is 3. The van der Waals surface area contributed by atoms with Crippen molar-refractivity contribution in [3.05, 3.63) is 35.9 Å². The maximum Gasteiger partial charge on any atom is 0.0634 e. The molecular weight excluding hydrogens is 236 g/mol. The zero-order valence-corrected chi connectivity index (χ0v) is 11.6. The van der Waals surface area contributed by atoms with E-state index >= 15 is 0 Å². The molecule has 3 rings (SSSR count). The molecule has 1 N–H and O–H groups in total. The highest BCUT2D eigenvalue weighted by molar-refractivity contribution is 5.14. The summed E-state index contributed by atoms with van der Waals surface area (Å²) < 4.78 is 5.64. The van der Waals surface area contributed by atoms with Crippen molar-refractivity contribution in [1.82, 2.24) is 10.2 Å². The van der Waals surface area contributed by atoms with E-state index in [1.807, 2.05) is 0 Å². The van der Waals surface area contributed by atoms with E-state index in [2.05, 4.69) is 40.5 Å². The number of rotatable bonds is 6. The molecule has 1 aliphatic heterocycles. The Morgan fingerprint density at radius 1 is 1.21 bits per heavy atom. The second kappa shape index (κ2) is 6.51. The normalized spacial score (nSPS) is 24.5. The summed E-state index contributed by atoms with van der Waals surface area (Å²) in [6.07, 6.45) is 3.86. The molecule has 0 amide bonds. The zero-order chi connectivity index (χ0) is 12.9. The van der Waals surface area contributed by atoms with Crippen LogP contribution in [0.5, 0.6) is 0 Å². The first-order valence-corrected chi connectivity index (χ1v) is 7.51. The lowest BCUT2D eigenvalue weighted by molar-refractivity contribution is -0.00628. The Hall–Kier alpha value is -0.900. The lowest BCUT2D eigenvalue weighted by atomic mass is 10.1. The van der Waals surface area contributed by atoms with E-state index in [-0.39, 0.29) is 0 Å². The quantitative estimate of drug-likeness (QED) is 0.842. The predicted octanol–water partition coefficient (Wildman–Crippen LogP) is 1.68. The van der Waals surface area contributed by atoms with Gasteiger partial charge in [0, 0.05) is 31.7 Å². The molecule has 1 saturated heterocycles. The molecule has 3 heteroatoms. The minimum atomic E-state index is 0.554. The van der Waals surface area contributed by atoms with Gasteiger partial charge >= 0.3 is 0 Å². The summed E-state index contributed by atoms with van der Waals surface area (Å²) in [7, 11) is 0. The van der Waals surface area contributed by atoms with Gasteiger partial charge in [-0.15, -0.1) is 0 Å². The average molecular weight is 260 g/mol. The van der Waals surface area contributed by atoms with E-state index in [9.17, 15) is 0 Å². The van der Waals surface area contributed by atoms with Gasteiger partial charge in [0.25, 0.3) is 0 Å². The summed E-state index contributed by atoms with van der Waals surface area (Å²) in [5.41, 5.74) is 1.43. The van der Waals surface area contributed by atoms with Crippen molar-refractivity contribution >= 4 is 0 Å². The fraction of sp³-hybridized carbons (Fsp3) is 0.625. The minimum Gasteiger partial charge on any atom is -0.378 e. The third-order valence-corrected chi connectivity index (χ3v) is 4.10. The Balaban J connectivity index is 1.48. The summed E-state index contributed by atoms with van der Waals surface area (Å²) in [5.74, 6) is 0. The minimum absolute atomic E-state index is 0.554. The molecule has 1 aromatic carbocycles. The first-order chi connectivity index (χ1) is 9.42. The Morgan fingerprint density at radius 3 is 2.84 bits per heavy atom. The summed E-state index contributed by atoms with van der Waals surface area (Å²) in [6.45, 7) is 5.07. The topological polar surface area (TPSA) is 24.5 Å². The number of benzene rings is 1. The van der Waals surface area contributed by atoms with Gasteiger partial charge in [-0.2, -0.15) is 0 Å². The van der Waals surface area contributed by atoms with Gasteiger partial charge in [-0.25, -0.2) is 0 Å².